The second kappa shape index (κ2) is 11.9. The van der Waals surface area contributed by atoms with E-state index in [-0.39, 0.29) is 0 Å². The normalized spacial score (nSPS) is 12.1. The average Bonchev–Trinajstić information content (AvgIpc) is 3.46. The van der Waals surface area contributed by atoms with Crippen molar-refractivity contribution in [2.75, 3.05) is 0 Å². The zero-order valence-electron chi connectivity index (χ0n) is 26.2. The van der Waals surface area contributed by atoms with Gasteiger partial charge in [0.05, 0.1) is 11.2 Å². The zero-order valence-corrected chi connectivity index (χ0v) is 27.0. The molecule has 2 aromatic heterocycles. The first-order valence-electron chi connectivity index (χ1n) is 15.3. The van der Waals surface area contributed by atoms with E-state index in [0.717, 1.165) is 38.7 Å². The highest BCUT2D eigenvalue weighted by Crippen LogP contribution is 2.40. The molecule has 0 aliphatic heterocycles. The molecule has 0 unspecified atom stereocenters. The number of thiophene rings is 1. The van der Waals surface area contributed by atoms with Gasteiger partial charge in [0.1, 0.15) is 0 Å². The number of rotatable bonds is 8. The van der Waals surface area contributed by atoms with Gasteiger partial charge in [-0.25, -0.2) is 15.0 Å². The molecule has 1 radical (unpaired) electrons. The van der Waals surface area contributed by atoms with Gasteiger partial charge in [0, 0.05) is 36.9 Å². The van der Waals surface area contributed by atoms with Crippen molar-refractivity contribution in [3.8, 4) is 45.3 Å². The molecule has 5 nitrogen and oxygen atoms in total. The van der Waals surface area contributed by atoms with Gasteiger partial charge in [0.25, 0.3) is 0 Å². The Kier molecular flexibility index (Phi) is 7.77. The van der Waals surface area contributed by atoms with Gasteiger partial charge in [0.15, 0.2) is 17.5 Å². The maximum Gasteiger partial charge on any atom is 0.330 e. The van der Waals surface area contributed by atoms with Gasteiger partial charge in [-0.15, -0.1) is 11.3 Å². The van der Waals surface area contributed by atoms with Crippen LogP contribution in [0, 0.1) is 0 Å². The molecule has 0 amide bonds. The third-order valence-electron chi connectivity index (χ3n) is 8.59. The Morgan fingerprint density at radius 1 is 0.587 bits per heavy atom. The molecule has 0 aliphatic rings. The fourth-order valence-corrected chi connectivity index (χ4v) is 6.47. The lowest BCUT2D eigenvalue weighted by atomic mass is 9.81. The number of benzene rings is 5. The number of fused-ring (bicyclic) bond motifs is 3. The van der Waals surface area contributed by atoms with Crippen LogP contribution in [0.25, 0.3) is 65.5 Å². The van der Waals surface area contributed by atoms with Gasteiger partial charge < -0.3 is 9.76 Å². The van der Waals surface area contributed by atoms with E-state index in [4.69, 9.17) is 19.6 Å². The van der Waals surface area contributed by atoms with Crippen LogP contribution in [0.4, 0.5) is 0 Å². The van der Waals surface area contributed by atoms with Crippen LogP contribution >= 0.6 is 11.3 Å². The Labute approximate surface area is 273 Å². The summed E-state index contributed by atoms with van der Waals surface area (Å²) in [6.07, 6.45) is 0. The summed E-state index contributed by atoms with van der Waals surface area (Å²) < 4.78 is 8.63. The molecular formula is C39H33BN3O2S. The van der Waals surface area contributed by atoms with Crippen LogP contribution < -0.4 is 5.46 Å². The maximum absolute atomic E-state index is 10.7. The van der Waals surface area contributed by atoms with Crippen molar-refractivity contribution in [1.82, 2.24) is 15.0 Å². The molecule has 0 bridgehead atoms. The minimum Gasteiger partial charge on any atom is -0.427 e. The van der Waals surface area contributed by atoms with Crippen LogP contribution in [0.2, 0.25) is 0 Å². The summed E-state index contributed by atoms with van der Waals surface area (Å²) in [7, 11) is 1.77. The van der Waals surface area contributed by atoms with Crippen molar-refractivity contribution >= 4 is 44.5 Å². The van der Waals surface area contributed by atoms with E-state index in [2.05, 4.69) is 60.7 Å². The molecule has 7 heteroatoms. The van der Waals surface area contributed by atoms with E-state index in [1.807, 2.05) is 74.5 Å². The fourth-order valence-electron chi connectivity index (χ4n) is 5.25. The molecule has 46 heavy (non-hydrogen) atoms. The Morgan fingerprint density at radius 2 is 1.13 bits per heavy atom. The van der Waals surface area contributed by atoms with E-state index >= 15 is 0 Å². The summed E-state index contributed by atoms with van der Waals surface area (Å²) in [6, 6.07) is 41.3. The van der Waals surface area contributed by atoms with Gasteiger partial charge in [-0.1, -0.05) is 115 Å². The average molecular weight is 619 g/mol. The first-order valence-corrected chi connectivity index (χ1v) is 16.1. The Bertz CT molecular complexity index is 2120. The van der Waals surface area contributed by atoms with Gasteiger partial charge in [0.2, 0.25) is 0 Å². The minimum absolute atomic E-state index is 0.611. The number of hydrogen-bond acceptors (Lipinski definition) is 6. The van der Waals surface area contributed by atoms with Gasteiger partial charge in [-0.05, 0) is 51.0 Å². The molecule has 225 valence electrons. The smallest absolute Gasteiger partial charge is 0.330 e. The van der Waals surface area contributed by atoms with Crippen LogP contribution in [0.3, 0.4) is 0 Å². The molecular weight excluding hydrogens is 585 g/mol. The summed E-state index contributed by atoms with van der Waals surface area (Å²) in [5.74, 6) is 1.87. The van der Waals surface area contributed by atoms with Gasteiger partial charge in [-0.2, -0.15) is 0 Å². The lowest BCUT2D eigenvalue weighted by Gasteiger charge is -2.37. The highest BCUT2D eigenvalue weighted by molar-refractivity contribution is 7.26. The van der Waals surface area contributed by atoms with Crippen LogP contribution in [0.1, 0.15) is 27.7 Å². The lowest BCUT2D eigenvalue weighted by molar-refractivity contribution is -0.0893. The summed E-state index contributed by atoms with van der Waals surface area (Å²) in [5.41, 5.74) is 4.02. The highest BCUT2D eigenvalue weighted by atomic mass is 32.1. The monoisotopic (exact) mass is 618 g/mol. The Hall–Kier alpha value is -4.69. The van der Waals surface area contributed by atoms with E-state index in [1.54, 1.807) is 32.7 Å². The molecule has 0 saturated heterocycles. The van der Waals surface area contributed by atoms with Gasteiger partial charge in [-0.3, -0.25) is 0 Å². The molecule has 1 N–H and O–H groups in total. The molecule has 0 aliphatic carbocycles. The third kappa shape index (κ3) is 5.85. The molecule has 0 fully saturated rings. The molecule has 0 atom stereocenters. The number of hydrogen-bond donors (Lipinski definition) is 1. The SMILES string of the molecule is CC(C)(O)C(C)(C)O[B]c1cc(-c2cccc(-c3nc(-c4ccccc4)nc(-c4ccccc4)n3)c2)c2sc3ccccc3c2c1. The van der Waals surface area contributed by atoms with E-state index < -0.39 is 11.2 Å². The second-order valence-electron chi connectivity index (χ2n) is 12.5. The molecule has 5 aromatic carbocycles. The van der Waals surface area contributed by atoms with Crippen LogP contribution in [0.15, 0.2) is 121 Å². The van der Waals surface area contributed by atoms with E-state index in [9.17, 15) is 5.11 Å². The quantitative estimate of drug-likeness (QED) is 0.173. The number of aliphatic hydroxyl groups is 1. The molecule has 0 spiro atoms. The largest absolute Gasteiger partial charge is 0.427 e. The van der Waals surface area contributed by atoms with Crippen LogP contribution in [-0.4, -0.2) is 38.7 Å². The van der Waals surface area contributed by atoms with E-state index in [0.29, 0.717) is 17.5 Å². The zero-order chi connectivity index (χ0) is 31.9. The predicted molar refractivity (Wildman–Crippen MR) is 191 cm³/mol. The van der Waals surface area contributed by atoms with Crippen molar-refractivity contribution in [2.45, 2.75) is 38.9 Å². The van der Waals surface area contributed by atoms with Crippen LogP contribution in [-0.2, 0) is 4.65 Å². The summed E-state index contributed by atoms with van der Waals surface area (Å²) in [4.78, 5) is 14.8. The fraction of sp³-hybridized carbons (Fsp3) is 0.154. The van der Waals surface area contributed by atoms with Gasteiger partial charge >= 0.3 is 7.48 Å². The maximum atomic E-state index is 10.7. The van der Waals surface area contributed by atoms with Crippen molar-refractivity contribution in [3.63, 3.8) is 0 Å². The van der Waals surface area contributed by atoms with Crippen molar-refractivity contribution in [1.29, 1.82) is 0 Å². The van der Waals surface area contributed by atoms with Crippen LogP contribution in [0.5, 0.6) is 0 Å². The highest BCUT2D eigenvalue weighted by Gasteiger charge is 2.35. The Morgan fingerprint density at radius 3 is 1.76 bits per heavy atom. The minimum atomic E-state index is -1.03. The summed E-state index contributed by atoms with van der Waals surface area (Å²) in [6.45, 7) is 7.32. The first-order chi connectivity index (χ1) is 22.2. The standard InChI is InChI=1S/C39H33BN3O2S/c1-38(2,44)39(3,4)45-40-29-23-31(34-32(24-29)30-20-11-12-21-33(30)46-34)27-18-13-19-28(22-27)37-42-35(25-14-7-5-8-15-25)41-36(43-37)26-16-9-6-10-17-26/h5-24,44H,1-4H3. The van der Waals surface area contributed by atoms with Crippen molar-refractivity contribution < 1.29 is 9.76 Å². The molecule has 7 aromatic rings. The van der Waals surface area contributed by atoms with Crippen molar-refractivity contribution in [2.24, 2.45) is 0 Å². The number of nitrogens with zero attached hydrogens (tertiary/aromatic N) is 3. The summed E-state index contributed by atoms with van der Waals surface area (Å²) in [5, 5.41) is 13.1. The molecule has 7 rings (SSSR count). The third-order valence-corrected chi connectivity index (χ3v) is 9.81. The molecule has 0 saturated carbocycles. The lowest BCUT2D eigenvalue weighted by Crippen LogP contribution is -2.49. The summed E-state index contributed by atoms with van der Waals surface area (Å²) >= 11 is 1.78. The topological polar surface area (TPSA) is 68.1 Å². The second-order valence-corrected chi connectivity index (χ2v) is 13.5. The van der Waals surface area contributed by atoms with Crippen molar-refractivity contribution in [3.05, 3.63) is 121 Å². The molecule has 2 heterocycles. The predicted octanol–water partition coefficient (Wildman–Crippen LogP) is 8.72. The number of aromatic nitrogens is 3. The Balaban J connectivity index is 1.37. The first kappa shape index (κ1) is 30.0. The van der Waals surface area contributed by atoms with E-state index in [1.165, 1.54) is 14.8 Å².